The first kappa shape index (κ1) is 12.9. The second-order valence-electron chi connectivity index (χ2n) is 5.82. The molecule has 3 saturated heterocycles. The van der Waals surface area contributed by atoms with Crippen LogP contribution in [0.25, 0.3) is 0 Å². The SMILES string of the molecule is O=C(O)C1(C(=O)N2CCN3CCCCC3C2)COC1. The first-order chi connectivity index (χ1) is 9.13. The van der Waals surface area contributed by atoms with E-state index in [1.807, 2.05) is 0 Å². The zero-order valence-electron chi connectivity index (χ0n) is 11.0. The van der Waals surface area contributed by atoms with Crippen LogP contribution in [0.1, 0.15) is 19.3 Å². The highest BCUT2D eigenvalue weighted by atomic mass is 16.5. The Bertz CT molecular complexity index is 394. The predicted molar refractivity (Wildman–Crippen MR) is 66.7 cm³/mol. The summed E-state index contributed by atoms with van der Waals surface area (Å²) >= 11 is 0. The lowest BCUT2D eigenvalue weighted by Crippen LogP contribution is -2.64. The van der Waals surface area contributed by atoms with Crippen LogP contribution in [0.3, 0.4) is 0 Å². The second kappa shape index (κ2) is 4.76. The summed E-state index contributed by atoms with van der Waals surface area (Å²) in [5, 5.41) is 9.28. The van der Waals surface area contributed by atoms with Crippen molar-refractivity contribution in [3.8, 4) is 0 Å². The second-order valence-corrected chi connectivity index (χ2v) is 5.82. The van der Waals surface area contributed by atoms with Gasteiger partial charge in [0.1, 0.15) is 0 Å². The molecule has 0 spiro atoms. The molecule has 6 heteroatoms. The van der Waals surface area contributed by atoms with Crippen molar-refractivity contribution in [3.05, 3.63) is 0 Å². The van der Waals surface area contributed by atoms with Gasteiger partial charge in [0.15, 0.2) is 5.41 Å². The number of nitrogens with zero attached hydrogens (tertiary/aromatic N) is 2. The van der Waals surface area contributed by atoms with E-state index in [0.29, 0.717) is 19.1 Å². The topological polar surface area (TPSA) is 70.1 Å². The number of aliphatic carboxylic acids is 1. The normalized spacial score (nSPS) is 30.3. The van der Waals surface area contributed by atoms with E-state index in [1.54, 1.807) is 4.90 Å². The van der Waals surface area contributed by atoms with E-state index in [1.165, 1.54) is 12.8 Å². The lowest BCUT2D eigenvalue weighted by molar-refractivity contribution is -0.192. The highest BCUT2D eigenvalue weighted by molar-refractivity contribution is 6.03. The third-order valence-corrected chi connectivity index (χ3v) is 4.64. The molecule has 106 valence electrons. The molecule has 0 aromatic heterocycles. The van der Waals surface area contributed by atoms with Crippen molar-refractivity contribution in [2.24, 2.45) is 5.41 Å². The number of ether oxygens (including phenoxy) is 1. The van der Waals surface area contributed by atoms with E-state index in [9.17, 15) is 14.7 Å². The predicted octanol–water partition coefficient (Wildman–Crippen LogP) is -0.216. The summed E-state index contributed by atoms with van der Waals surface area (Å²) in [6.45, 7) is 3.34. The Labute approximate surface area is 112 Å². The molecule has 3 aliphatic heterocycles. The number of hydrogen-bond acceptors (Lipinski definition) is 4. The minimum absolute atomic E-state index is 0.0199. The van der Waals surface area contributed by atoms with Crippen LogP contribution < -0.4 is 0 Å². The average Bonchev–Trinajstić information content (AvgIpc) is 2.36. The van der Waals surface area contributed by atoms with Crippen molar-refractivity contribution in [1.29, 1.82) is 0 Å². The fraction of sp³-hybridized carbons (Fsp3) is 0.846. The number of carboxylic acid groups (broad SMARTS) is 1. The number of amides is 1. The molecule has 3 heterocycles. The minimum atomic E-state index is -1.31. The van der Waals surface area contributed by atoms with Crippen LogP contribution in [0.2, 0.25) is 0 Å². The van der Waals surface area contributed by atoms with Crippen LogP contribution in [-0.2, 0) is 14.3 Å². The number of hydrogen-bond donors (Lipinski definition) is 1. The summed E-state index contributed by atoms with van der Waals surface area (Å²) in [4.78, 5) is 28.0. The van der Waals surface area contributed by atoms with Crippen molar-refractivity contribution in [2.45, 2.75) is 25.3 Å². The van der Waals surface area contributed by atoms with Gasteiger partial charge in [-0.25, -0.2) is 0 Å². The standard InChI is InChI=1S/C13H20N2O4/c16-11(13(12(17)18)8-19-9-13)15-6-5-14-4-2-1-3-10(14)7-15/h10H,1-9H2,(H,17,18). The van der Waals surface area contributed by atoms with E-state index in [2.05, 4.69) is 4.90 Å². The molecule has 0 aliphatic carbocycles. The van der Waals surface area contributed by atoms with Gasteiger partial charge in [-0.2, -0.15) is 0 Å². The van der Waals surface area contributed by atoms with Crippen LogP contribution in [0.15, 0.2) is 0 Å². The highest BCUT2D eigenvalue weighted by Gasteiger charge is 2.55. The van der Waals surface area contributed by atoms with E-state index in [4.69, 9.17) is 4.74 Å². The molecule has 6 nitrogen and oxygen atoms in total. The largest absolute Gasteiger partial charge is 0.480 e. The van der Waals surface area contributed by atoms with Gasteiger partial charge >= 0.3 is 5.97 Å². The molecule has 1 amide bonds. The average molecular weight is 268 g/mol. The summed E-state index contributed by atoms with van der Waals surface area (Å²) in [6.07, 6.45) is 3.55. The molecule has 1 N–H and O–H groups in total. The maximum absolute atomic E-state index is 12.5. The molecule has 1 unspecified atom stereocenters. The molecule has 19 heavy (non-hydrogen) atoms. The van der Waals surface area contributed by atoms with Gasteiger partial charge in [-0.15, -0.1) is 0 Å². The summed E-state index contributed by atoms with van der Waals surface area (Å²) < 4.78 is 4.98. The van der Waals surface area contributed by atoms with E-state index >= 15 is 0 Å². The zero-order chi connectivity index (χ0) is 13.5. The Balaban J connectivity index is 1.69. The maximum atomic E-state index is 12.5. The number of carbonyl (C=O) groups is 2. The fourth-order valence-electron chi connectivity index (χ4n) is 3.29. The smallest absolute Gasteiger partial charge is 0.324 e. The number of carboxylic acids is 1. The Kier molecular flexibility index (Phi) is 3.22. The van der Waals surface area contributed by atoms with Gasteiger partial charge < -0.3 is 14.7 Å². The van der Waals surface area contributed by atoms with Crippen LogP contribution in [0, 0.1) is 5.41 Å². The molecule has 3 rings (SSSR count). The van der Waals surface area contributed by atoms with Crippen molar-refractivity contribution >= 4 is 11.9 Å². The van der Waals surface area contributed by atoms with Crippen molar-refractivity contribution in [1.82, 2.24) is 9.80 Å². The maximum Gasteiger partial charge on any atom is 0.324 e. The Morgan fingerprint density at radius 3 is 2.58 bits per heavy atom. The van der Waals surface area contributed by atoms with E-state index < -0.39 is 11.4 Å². The number of piperazine rings is 1. The van der Waals surface area contributed by atoms with Gasteiger partial charge in [0, 0.05) is 25.7 Å². The summed E-state index contributed by atoms with van der Waals surface area (Å²) in [7, 11) is 0. The molecular formula is C13H20N2O4. The van der Waals surface area contributed by atoms with Crippen LogP contribution >= 0.6 is 0 Å². The van der Waals surface area contributed by atoms with Gasteiger partial charge in [-0.3, -0.25) is 14.5 Å². The molecule has 0 bridgehead atoms. The van der Waals surface area contributed by atoms with E-state index in [-0.39, 0.29) is 19.1 Å². The Morgan fingerprint density at radius 2 is 1.95 bits per heavy atom. The van der Waals surface area contributed by atoms with Gasteiger partial charge in [0.25, 0.3) is 0 Å². The lowest BCUT2D eigenvalue weighted by Gasteiger charge is -2.47. The summed E-state index contributed by atoms with van der Waals surface area (Å²) in [5.41, 5.74) is -1.31. The molecule has 0 saturated carbocycles. The Morgan fingerprint density at radius 1 is 1.16 bits per heavy atom. The van der Waals surface area contributed by atoms with E-state index in [0.717, 1.165) is 19.5 Å². The molecule has 1 atom stereocenters. The first-order valence-electron chi connectivity index (χ1n) is 6.98. The van der Waals surface area contributed by atoms with Crippen LogP contribution in [0.4, 0.5) is 0 Å². The van der Waals surface area contributed by atoms with Crippen molar-refractivity contribution < 1.29 is 19.4 Å². The number of rotatable bonds is 2. The summed E-state index contributed by atoms with van der Waals surface area (Å²) in [6, 6.07) is 0.415. The van der Waals surface area contributed by atoms with Gasteiger partial charge in [-0.1, -0.05) is 6.42 Å². The van der Waals surface area contributed by atoms with Gasteiger partial charge in [-0.05, 0) is 19.4 Å². The fourth-order valence-corrected chi connectivity index (χ4v) is 3.29. The van der Waals surface area contributed by atoms with Gasteiger partial charge in [0.2, 0.25) is 5.91 Å². The number of carbonyl (C=O) groups excluding carboxylic acids is 1. The zero-order valence-corrected chi connectivity index (χ0v) is 11.0. The minimum Gasteiger partial charge on any atom is -0.480 e. The molecule has 0 aromatic carbocycles. The first-order valence-corrected chi connectivity index (χ1v) is 6.98. The highest BCUT2D eigenvalue weighted by Crippen LogP contribution is 2.32. The van der Waals surface area contributed by atoms with Gasteiger partial charge in [0.05, 0.1) is 13.2 Å². The molecule has 3 fully saturated rings. The van der Waals surface area contributed by atoms with Crippen molar-refractivity contribution in [2.75, 3.05) is 39.4 Å². The molecule has 0 radical (unpaired) electrons. The van der Waals surface area contributed by atoms with Crippen LogP contribution in [-0.4, -0.2) is 72.2 Å². The monoisotopic (exact) mass is 268 g/mol. The third-order valence-electron chi connectivity index (χ3n) is 4.64. The molecule has 3 aliphatic rings. The Hall–Kier alpha value is -1.14. The quantitative estimate of drug-likeness (QED) is 0.701. The van der Waals surface area contributed by atoms with Crippen molar-refractivity contribution in [3.63, 3.8) is 0 Å². The van der Waals surface area contributed by atoms with Crippen LogP contribution in [0.5, 0.6) is 0 Å². The lowest BCUT2D eigenvalue weighted by atomic mass is 9.83. The summed E-state index contributed by atoms with van der Waals surface area (Å²) in [5.74, 6) is -1.30. The molecular weight excluding hydrogens is 248 g/mol. The number of piperidine rings is 1. The molecule has 0 aromatic rings. The third kappa shape index (κ3) is 2.03. The number of fused-ring (bicyclic) bond motifs is 1.